The molecule has 0 spiro atoms. The summed E-state index contributed by atoms with van der Waals surface area (Å²) < 4.78 is 20.7. The second kappa shape index (κ2) is 28.2. The number of unbranched alkanes of at least 4 members (excludes halogenated alkanes) is 15. The first-order valence-corrected chi connectivity index (χ1v) is 19.6. The lowest BCUT2D eigenvalue weighted by Crippen LogP contribution is -2.42. The number of hydrogen-bond donors (Lipinski definition) is 0. The Labute approximate surface area is 259 Å². The van der Waals surface area contributed by atoms with Crippen LogP contribution in [-0.2, 0) is 11.4 Å². The zero-order valence-electron chi connectivity index (χ0n) is 29.1. The van der Waals surface area contributed by atoms with Gasteiger partial charge in [-0.05, 0) is 37.0 Å². The summed E-state index contributed by atoms with van der Waals surface area (Å²) in [5.74, 6) is 1.47. The molecule has 3 atom stereocenters. The minimum Gasteiger partial charge on any atom is -0.452 e. The molecule has 0 aromatic rings. The van der Waals surface area contributed by atoms with E-state index in [0.29, 0.717) is 17.8 Å². The lowest BCUT2D eigenvalue weighted by molar-refractivity contribution is -0.0292. The maximum absolute atomic E-state index is 6.91. The van der Waals surface area contributed by atoms with E-state index < -0.39 is 15.1 Å². The van der Waals surface area contributed by atoms with Crippen LogP contribution < -0.4 is 0 Å². The summed E-state index contributed by atoms with van der Waals surface area (Å²) in [7, 11) is 0. The van der Waals surface area contributed by atoms with Gasteiger partial charge in [0, 0.05) is 18.3 Å². The summed E-state index contributed by atoms with van der Waals surface area (Å²) in [6, 6.07) is 0. The molecule has 3 unspecified atom stereocenters. The molecule has 0 aromatic heterocycles. The smallest absolute Gasteiger partial charge is 0.452 e. The first kappa shape index (κ1) is 40.4. The van der Waals surface area contributed by atoms with Crippen LogP contribution in [0.1, 0.15) is 197 Å². The molecule has 0 heterocycles. The number of rotatable bonds is 30. The molecule has 4 heteroatoms. The molecule has 0 aliphatic carbocycles. The van der Waals surface area contributed by atoms with Gasteiger partial charge in [0.2, 0.25) is 0 Å². The minimum absolute atomic E-state index is 0.242. The predicted octanol–water partition coefficient (Wildman–Crippen LogP) is 12.3. The van der Waals surface area contributed by atoms with Crippen molar-refractivity contribution in [3.8, 4) is 0 Å². The molecule has 0 saturated heterocycles. The molecule has 0 fully saturated rings. The average Bonchev–Trinajstić information content (AvgIpc) is 2.91. The summed E-state index contributed by atoms with van der Waals surface area (Å²) in [6.45, 7) is 20.8. The van der Waals surface area contributed by atoms with Gasteiger partial charge < -0.3 is 11.4 Å². The van der Waals surface area contributed by atoms with Gasteiger partial charge in [0.25, 0.3) is 0 Å². The Kier molecular flexibility index (Phi) is 28.5. The van der Waals surface area contributed by atoms with E-state index in [1.165, 1.54) is 116 Å². The fourth-order valence-electron chi connectivity index (χ4n) is 5.58. The molecule has 0 aliphatic heterocycles. The Morgan fingerprint density at radius 3 is 0.800 bits per heavy atom. The summed E-state index contributed by atoms with van der Waals surface area (Å²) in [5, 5.41) is 0. The van der Waals surface area contributed by atoms with E-state index >= 15 is 0 Å². The van der Waals surface area contributed by atoms with Gasteiger partial charge >= 0.3 is 15.1 Å². The molecule has 0 N–H and O–H groups in total. The summed E-state index contributed by atoms with van der Waals surface area (Å²) in [6.07, 6.45) is 28.1. The van der Waals surface area contributed by atoms with Crippen LogP contribution in [0.2, 0.25) is 0 Å². The topological polar surface area (TPSA) is 27.7 Å². The maximum atomic E-state index is 6.91. The van der Waals surface area contributed by atoms with E-state index in [1.807, 2.05) is 0 Å². The van der Waals surface area contributed by atoms with Crippen molar-refractivity contribution in [2.24, 2.45) is 17.8 Å². The Balaban J connectivity index is 5.28. The second-order valence-electron chi connectivity index (χ2n) is 13.7. The van der Waals surface area contributed by atoms with Gasteiger partial charge in [-0.3, -0.25) is 0 Å². The van der Waals surface area contributed by atoms with Crippen LogP contribution in [0.5, 0.6) is 0 Å². The van der Waals surface area contributed by atoms with Crippen LogP contribution >= 0.6 is 0 Å². The minimum atomic E-state index is -2.29. The predicted molar refractivity (Wildman–Crippen MR) is 179 cm³/mol. The van der Waals surface area contributed by atoms with Gasteiger partial charge in [-0.15, -0.1) is 0 Å². The highest BCUT2D eigenvalue weighted by atomic mass is 27.3. The van der Waals surface area contributed by atoms with E-state index in [-0.39, 0.29) is 18.3 Å². The van der Waals surface area contributed by atoms with Crippen molar-refractivity contribution in [3.05, 3.63) is 0 Å². The highest BCUT2D eigenvalue weighted by Crippen LogP contribution is 2.25. The normalized spacial score (nSPS) is 14.4. The lowest BCUT2D eigenvalue weighted by atomic mass is 10.00. The van der Waals surface area contributed by atoms with Crippen LogP contribution in [0.25, 0.3) is 0 Å². The fourth-order valence-corrected chi connectivity index (χ4v) is 7.98. The molecule has 240 valence electrons. The molecule has 0 amide bonds. The Hall–Kier alpha value is 0.412. The monoisotopic (exact) mass is 583 g/mol. The van der Waals surface area contributed by atoms with Gasteiger partial charge in [-0.2, -0.15) is 0 Å². The van der Waals surface area contributed by atoms with Crippen LogP contribution in [-0.4, -0.2) is 33.5 Å². The Bertz CT molecular complexity index is 439. The maximum Gasteiger partial charge on any atom is 0.906 e. The summed E-state index contributed by atoms with van der Waals surface area (Å²) in [4.78, 5) is 0. The second-order valence-corrected chi connectivity index (χ2v) is 15.1. The standard InChI is InChI=1S/3C12H25O.Al/c3*1-4-5-6-7-8-9-10-12(13)11(2)3;/h3*11-12H,4-10H2,1-3H3;/q3*-1;+3. The summed E-state index contributed by atoms with van der Waals surface area (Å²) in [5.41, 5.74) is 0. The molecular formula is C36H75AlO3. The molecule has 40 heavy (non-hydrogen) atoms. The summed E-state index contributed by atoms with van der Waals surface area (Å²) >= 11 is -2.29. The molecular weight excluding hydrogens is 507 g/mol. The highest BCUT2D eigenvalue weighted by molar-refractivity contribution is 6.36. The zero-order chi connectivity index (χ0) is 30.0. The molecule has 0 aromatic carbocycles. The number of hydrogen-bond acceptors (Lipinski definition) is 3. The van der Waals surface area contributed by atoms with Crippen molar-refractivity contribution in [2.75, 3.05) is 0 Å². The molecule has 0 saturated carbocycles. The quantitative estimate of drug-likeness (QED) is 0.0622. The average molecular weight is 583 g/mol. The van der Waals surface area contributed by atoms with Gasteiger partial charge in [-0.1, -0.05) is 178 Å². The SMILES string of the molecule is CCCCCCCCC([O][Al]([O]C(CCCCCCCC)C(C)C)[O]C(CCCCCCCC)C(C)C)C(C)C. The first-order chi connectivity index (χ1) is 19.3. The van der Waals surface area contributed by atoms with Gasteiger partial charge in [0.1, 0.15) is 0 Å². The van der Waals surface area contributed by atoms with Crippen molar-refractivity contribution in [1.29, 1.82) is 0 Å². The third-order valence-electron chi connectivity index (χ3n) is 8.62. The third kappa shape index (κ3) is 22.9. The van der Waals surface area contributed by atoms with Crippen molar-refractivity contribution >= 4 is 15.1 Å². The van der Waals surface area contributed by atoms with E-state index in [1.54, 1.807) is 0 Å². The van der Waals surface area contributed by atoms with Crippen molar-refractivity contribution in [3.63, 3.8) is 0 Å². The van der Waals surface area contributed by atoms with E-state index in [2.05, 4.69) is 62.3 Å². The lowest BCUT2D eigenvalue weighted by Gasteiger charge is -2.32. The van der Waals surface area contributed by atoms with Gasteiger partial charge in [0.15, 0.2) is 0 Å². The van der Waals surface area contributed by atoms with E-state index in [9.17, 15) is 0 Å². The molecule has 0 bridgehead atoms. The molecule has 0 radical (unpaired) electrons. The third-order valence-corrected chi connectivity index (χ3v) is 10.3. The molecule has 0 aliphatic rings. The molecule has 3 nitrogen and oxygen atoms in total. The Morgan fingerprint density at radius 2 is 0.575 bits per heavy atom. The highest BCUT2D eigenvalue weighted by Gasteiger charge is 2.41. The zero-order valence-corrected chi connectivity index (χ0v) is 30.3. The van der Waals surface area contributed by atoms with Crippen molar-refractivity contribution < 1.29 is 11.4 Å². The van der Waals surface area contributed by atoms with Crippen LogP contribution in [0, 0.1) is 17.8 Å². The molecule has 0 rings (SSSR count). The van der Waals surface area contributed by atoms with Crippen molar-refractivity contribution in [1.82, 2.24) is 0 Å². The van der Waals surface area contributed by atoms with Gasteiger partial charge in [-0.25, -0.2) is 0 Å². The van der Waals surface area contributed by atoms with E-state index in [0.717, 1.165) is 19.3 Å². The Morgan fingerprint density at radius 1 is 0.350 bits per heavy atom. The van der Waals surface area contributed by atoms with Crippen molar-refractivity contribution in [2.45, 2.75) is 215 Å². The largest absolute Gasteiger partial charge is 0.906 e. The first-order valence-electron chi connectivity index (χ1n) is 18.2. The van der Waals surface area contributed by atoms with Gasteiger partial charge in [0.05, 0.1) is 0 Å². The van der Waals surface area contributed by atoms with Crippen LogP contribution in [0.3, 0.4) is 0 Å². The fraction of sp³-hybridized carbons (Fsp3) is 1.00. The van der Waals surface area contributed by atoms with Crippen LogP contribution in [0.15, 0.2) is 0 Å². The van der Waals surface area contributed by atoms with E-state index in [4.69, 9.17) is 11.4 Å². The van der Waals surface area contributed by atoms with Crippen LogP contribution in [0.4, 0.5) is 0 Å².